The molecule has 0 aliphatic heterocycles. The highest BCUT2D eigenvalue weighted by molar-refractivity contribution is 5.20. The molecule has 1 N–H and O–H groups in total. The molecule has 3 rings (SSSR count). The summed E-state index contributed by atoms with van der Waals surface area (Å²) < 4.78 is 6.10. The molecule has 3 heteroatoms. The van der Waals surface area contributed by atoms with Crippen molar-refractivity contribution >= 4 is 0 Å². The van der Waals surface area contributed by atoms with E-state index in [1.165, 1.54) is 44.9 Å². The molecule has 0 radical (unpaired) electrons. The summed E-state index contributed by atoms with van der Waals surface area (Å²) in [4.78, 5) is 4.50. The van der Waals surface area contributed by atoms with E-state index in [2.05, 4.69) is 29.4 Å². The molecule has 2 atom stereocenters. The summed E-state index contributed by atoms with van der Waals surface area (Å²) in [7, 11) is 0. The zero-order valence-electron chi connectivity index (χ0n) is 12.5. The summed E-state index contributed by atoms with van der Waals surface area (Å²) in [5, 5.41) is 3.48. The molecular formula is C17H26N2O. The smallest absolute Gasteiger partial charge is 0.138 e. The van der Waals surface area contributed by atoms with Crippen molar-refractivity contribution in [2.45, 2.75) is 70.6 Å². The summed E-state index contributed by atoms with van der Waals surface area (Å²) in [6.45, 7) is 3.17. The van der Waals surface area contributed by atoms with Crippen molar-refractivity contribution in [3.8, 4) is 5.75 Å². The lowest BCUT2D eigenvalue weighted by atomic mass is 9.85. The standard InChI is InChI=1S/C17H26N2O/c1-2-13-4-3-5-16(10-13)20-17-9-8-15(19-12-17)11-18-14-6-7-14/h8-9,12-14,16,18H,2-7,10-11H2,1H3. The quantitative estimate of drug-likeness (QED) is 0.859. The first-order valence-corrected chi connectivity index (χ1v) is 8.18. The topological polar surface area (TPSA) is 34.1 Å². The van der Waals surface area contributed by atoms with Crippen LogP contribution in [0.2, 0.25) is 0 Å². The Morgan fingerprint density at radius 3 is 2.85 bits per heavy atom. The molecule has 2 aliphatic rings. The number of pyridine rings is 1. The van der Waals surface area contributed by atoms with Crippen LogP contribution >= 0.6 is 0 Å². The number of ether oxygens (including phenoxy) is 1. The van der Waals surface area contributed by atoms with Crippen LogP contribution in [0.5, 0.6) is 5.75 Å². The van der Waals surface area contributed by atoms with E-state index >= 15 is 0 Å². The van der Waals surface area contributed by atoms with Gasteiger partial charge in [-0.25, -0.2) is 0 Å². The van der Waals surface area contributed by atoms with Gasteiger partial charge in [0.1, 0.15) is 5.75 Å². The average Bonchev–Trinajstić information content (AvgIpc) is 3.31. The number of rotatable bonds is 6. The van der Waals surface area contributed by atoms with Crippen molar-refractivity contribution in [2.24, 2.45) is 5.92 Å². The maximum Gasteiger partial charge on any atom is 0.138 e. The molecule has 2 unspecified atom stereocenters. The third-order valence-corrected chi connectivity index (χ3v) is 4.56. The minimum absolute atomic E-state index is 0.394. The molecule has 0 saturated heterocycles. The van der Waals surface area contributed by atoms with Crippen molar-refractivity contribution in [1.29, 1.82) is 0 Å². The van der Waals surface area contributed by atoms with E-state index in [0.717, 1.165) is 29.9 Å². The number of aromatic nitrogens is 1. The Morgan fingerprint density at radius 2 is 2.15 bits per heavy atom. The lowest BCUT2D eigenvalue weighted by Crippen LogP contribution is -2.25. The first-order chi connectivity index (χ1) is 9.83. The van der Waals surface area contributed by atoms with Crippen molar-refractivity contribution in [3.05, 3.63) is 24.0 Å². The molecule has 0 bridgehead atoms. The van der Waals surface area contributed by atoms with E-state index < -0.39 is 0 Å². The van der Waals surface area contributed by atoms with Gasteiger partial charge in [-0.2, -0.15) is 0 Å². The van der Waals surface area contributed by atoms with Crippen molar-refractivity contribution in [2.75, 3.05) is 0 Å². The third-order valence-electron chi connectivity index (χ3n) is 4.56. The van der Waals surface area contributed by atoms with E-state index in [1.807, 2.05) is 6.20 Å². The molecule has 2 saturated carbocycles. The van der Waals surface area contributed by atoms with E-state index in [1.54, 1.807) is 0 Å². The summed E-state index contributed by atoms with van der Waals surface area (Å²) in [5.41, 5.74) is 1.11. The number of hydrogen-bond acceptors (Lipinski definition) is 3. The van der Waals surface area contributed by atoms with Gasteiger partial charge in [-0.3, -0.25) is 4.98 Å². The summed E-state index contributed by atoms with van der Waals surface area (Å²) in [6, 6.07) is 4.90. The Bertz CT molecular complexity index is 414. The second kappa shape index (κ2) is 6.57. The Labute approximate surface area is 122 Å². The van der Waals surface area contributed by atoms with Gasteiger partial charge in [0.2, 0.25) is 0 Å². The minimum atomic E-state index is 0.394. The molecule has 1 heterocycles. The van der Waals surface area contributed by atoms with Gasteiger partial charge in [0.15, 0.2) is 0 Å². The zero-order valence-corrected chi connectivity index (χ0v) is 12.5. The number of nitrogens with zero attached hydrogens (tertiary/aromatic N) is 1. The number of hydrogen-bond donors (Lipinski definition) is 1. The normalized spacial score (nSPS) is 26.4. The van der Waals surface area contributed by atoms with Gasteiger partial charge in [-0.15, -0.1) is 0 Å². The Balaban J connectivity index is 1.49. The molecule has 1 aromatic heterocycles. The van der Waals surface area contributed by atoms with Crippen LogP contribution in [0.4, 0.5) is 0 Å². The first-order valence-electron chi connectivity index (χ1n) is 8.18. The molecule has 2 fully saturated rings. The van der Waals surface area contributed by atoms with Crippen LogP contribution < -0.4 is 10.1 Å². The molecular weight excluding hydrogens is 248 g/mol. The molecule has 0 aromatic carbocycles. The van der Waals surface area contributed by atoms with Crippen molar-refractivity contribution in [1.82, 2.24) is 10.3 Å². The van der Waals surface area contributed by atoms with Gasteiger partial charge in [0, 0.05) is 12.6 Å². The highest BCUT2D eigenvalue weighted by Crippen LogP contribution is 2.29. The maximum atomic E-state index is 6.10. The van der Waals surface area contributed by atoms with E-state index in [-0.39, 0.29) is 0 Å². The van der Waals surface area contributed by atoms with Crippen LogP contribution in [0.3, 0.4) is 0 Å². The van der Waals surface area contributed by atoms with E-state index in [0.29, 0.717) is 6.10 Å². The fourth-order valence-corrected chi connectivity index (χ4v) is 3.03. The van der Waals surface area contributed by atoms with Crippen LogP contribution in [0, 0.1) is 5.92 Å². The molecule has 3 nitrogen and oxygen atoms in total. The second-order valence-electron chi connectivity index (χ2n) is 6.32. The third kappa shape index (κ3) is 3.95. The fourth-order valence-electron chi connectivity index (χ4n) is 3.03. The average molecular weight is 274 g/mol. The molecule has 1 aromatic rings. The van der Waals surface area contributed by atoms with Gasteiger partial charge < -0.3 is 10.1 Å². The lowest BCUT2D eigenvalue weighted by Gasteiger charge is -2.28. The monoisotopic (exact) mass is 274 g/mol. The molecule has 110 valence electrons. The highest BCUT2D eigenvalue weighted by Gasteiger charge is 2.22. The summed E-state index contributed by atoms with van der Waals surface area (Å²) in [5.74, 6) is 1.78. The Kier molecular flexibility index (Phi) is 4.56. The Hall–Kier alpha value is -1.09. The van der Waals surface area contributed by atoms with Crippen LogP contribution in [0.25, 0.3) is 0 Å². The van der Waals surface area contributed by atoms with Crippen LogP contribution in [-0.4, -0.2) is 17.1 Å². The number of nitrogens with one attached hydrogen (secondary N) is 1. The van der Waals surface area contributed by atoms with E-state index in [4.69, 9.17) is 4.74 Å². The predicted molar refractivity (Wildman–Crippen MR) is 80.8 cm³/mol. The van der Waals surface area contributed by atoms with Gasteiger partial charge in [-0.05, 0) is 50.2 Å². The summed E-state index contributed by atoms with van der Waals surface area (Å²) >= 11 is 0. The zero-order chi connectivity index (χ0) is 13.8. The van der Waals surface area contributed by atoms with Crippen molar-refractivity contribution < 1.29 is 4.74 Å². The maximum absolute atomic E-state index is 6.10. The highest BCUT2D eigenvalue weighted by atomic mass is 16.5. The lowest BCUT2D eigenvalue weighted by molar-refractivity contribution is 0.121. The fraction of sp³-hybridized carbons (Fsp3) is 0.706. The van der Waals surface area contributed by atoms with Gasteiger partial charge in [-0.1, -0.05) is 19.8 Å². The summed E-state index contributed by atoms with van der Waals surface area (Å²) in [6.07, 6.45) is 11.3. The minimum Gasteiger partial charge on any atom is -0.489 e. The van der Waals surface area contributed by atoms with Crippen molar-refractivity contribution in [3.63, 3.8) is 0 Å². The second-order valence-corrected chi connectivity index (χ2v) is 6.32. The van der Waals surface area contributed by atoms with Gasteiger partial charge >= 0.3 is 0 Å². The van der Waals surface area contributed by atoms with Gasteiger partial charge in [0.25, 0.3) is 0 Å². The molecule has 0 spiro atoms. The van der Waals surface area contributed by atoms with Crippen LogP contribution in [0.1, 0.15) is 57.6 Å². The first kappa shape index (κ1) is 13.9. The van der Waals surface area contributed by atoms with Gasteiger partial charge in [0.05, 0.1) is 18.0 Å². The molecule has 2 aliphatic carbocycles. The largest absolute Gasteiger partial charge is 0.489 e. The Morgan fingerprint density at radius 1 is 1.25 bits per heavy atom. The van der Waals surface area contributed by atoms with Crippen LogP contribution in [-0.2, 0) is 6.54 Å². The van der Waals surface area contributed by atoms with Crippen LogP contribution in [0.15, 0.2) is 18.3 Å². The molecule has 20 heavy (non-hydrogen) atoms. The predicted octanol–water partition coefficient (Wildman–Crippen LogP) is 3.68. The SMILES string of the molecule is CCC1CCCC(Oc2ccc(CNC3CC3)nc2)C1. The molecule has 0 amide bonds. The van der Waals surface area contributed by atoms with E-state index in [9.17, 15) is 0 Å².